The minimum absolute atomic E-state index is 0.0235. The van der Waals surface area contributed by atoms with Crippen LogP contribution in [-0.4, -0.2) is 31.7 Å². The molecule has 3 N–H and O–H groups in total. The maximum atomic E-state index is 12.5. The van der Waals surface area contributed by atoms with Crippen LogP contribution in [0.5, 0.6) is 0 Å². The van der Waals surface area contributed by atoms with Crippen molar-refractivity contribution >= 4 is 17.5 Å². The van der Waals surface area contributed by atoms with Crippen LogP contribution in [0.2, 0.25) is 5.02 Å². The molecule has 132 valence electrons. The number of carbonyl (C=O) groups excluding carboxylic acids is 1. The number of ether oxygens (including phenoxy) is 1. The Kier molecular flexibility index (Phi) is 5.80. The van der Waals surface area contributed by atoms with Crippen LogP contribution < -0.4 is 11.1 Å². The van der Waals surface area contributed by atoms with Crippen LogP contribution >= 0.6 is 11.6 Å². The first-order valence-corrected chi connectivity index (χ1v) is 9.36. The molecule has 24 heavy (non-hydrogen) atoms. The van der Waals surface area contributed by atoms with Crippen molar-refractivity contribution < 1.29 is 9.53 Å². The van der Waals surface area contributed by atoms with Gasteiger partial charge < -0.3 is 15.8 Å². The molecule has 0 radical (unpaired) electrons. The van der Waals surface area contributed by atoms with Crippen LogP contribution in [0.15, 0.2) is 24.3 Å². The second-order valence-electron chi connectivity index (χ2n) is 7.19. The minimum Gasteiger partial charge on any atom is -0.381 e. The number of hydrogen-bond donors (Lipinski definition) is 2. The Morgan fingerprint density at radius 3 is 2.50 bits per heavy atom. The van der Waals surface area contributed by atoms with E-state index in [1.54, 1.807) is 0 Å². The third kappa shape index (κ3) is 3.93. The standard InChI is InChI=1S/C19H27ClN2O2/c20-16-5-3-15(4-6-16)19(9-1-2-10-19)13-22-18(23)17(21)14-7-11-24-12-8-14/h3-6,14,17H,1-2,7-13,21H2,(H,22,23). The van der Waals surface area contributed by atoms with Gasteiger partial charge in [0.05, 0.1) is 6.04 Å². The molecule has 5 heteroatoms. The molecule has 1 aliphatic carbocycles. The SMILES string of the molecule is NC(C(=O)NCC1(c2ccc(Cl)cc2)CCCC1)C1CCOCC1. The summed E-state index contributed by atoms with van der Waals surface area (Å²) in [6.07, 6.45) is 6.34. The number of hydrogen-bond acceptors (Lipinski definition) is 3. The topological polar surface area (TPSA) is 64.4 Å². The summed E-state index contributed by atoms with van der Waals surface area (Å²) in [6.45, 7) is 2.07. The summed E-state index contributed by atoms with van der Waals surface area (Å²) in [5.41, 5.74) is 7.48. The Hall–Kier alpha value is -1.10. The summed E-state index contributed by atoms with van der Waals surface area (Å²) in [6, 6.07) is 7.63. The van der Waals surface area contributed by atoms with Crippen LogP contribution in [0.1, 0.15) is 44.1 Å². The molecule has 4 nitrogen and oxygen atoms in total. The predicted molar refractivity (Wildman–Crippen MR) is 96.1 cm³/mol. The number of benzene rings is 1. The summed E-state index contributed by atoms with van der Waals surface area (Å²) in [4.78, 5) is 12.5. The van der Waals surface area contributed by atoms with Gasteiger partial charge in [-0.1, -0.05) is 36.6 Å². The van der Waals surface area contributed by atoms with Gasteiger partial charge >= 0.3 is 0 Å². The number of amides is 1. The maximum absolute atomic E-state index is 12.5. The lowest BCUT2D eigenvalue weighted by Crippen LogP contribution is -2.50. The lowest BCUT2D eigenvalue weighted by Gasteiger charge is -2.32. The number of nitrogens with two attached hydrogens (primary N) is 1. The van der Waals surface area contributed by atoms with E-state index in [2.05, 4.69) is 17.4 Å². The number of rotatable bonds is 5. The van der Waals surface area contributed by atoms with E-state index in [0.29, 0.717) is 19.8 Å². The second kappa shape index (κ2) is 7.85. The normalized spacial score (nSPS) is 22.2. The first kappa shape index (κ1) is 17.7. The third-order valence-corrected chi connectivity index (χ3v) is 5.95. The van der Waals surface area contributed by atoms with Crippen molar-refractivity contribution in [1.82, 2.24) is 5.32 Å². The molecule has 0 spiro atoms. The smallest absolute Gasteiger partial charge is 0.237 e. The van der Waals surface area contributed by atoms with E-state index in [4.69, 9.17) is 22.1 Å². The van der Waals surface area contributed by atoms with Crippen LogP contribution in [0.3, 0.4) is 0 Å². The monoisotopic (exact) mass is 350 g/mol. The highest BCUT2D eigenvalue weighted by molar-refractivity contribution is 6.30. The van der Waals surface area contributed by atoms with Gasteiger partial charge in [-0.05, 0) is 49.3 Å². The maximum Gasteiger partial charge on any atom is 0.237 e. The van der Waals surface area contributed by atoms with Gasteiger partial charge in [0, 0.05) is 30.2 Å². The van der Waals surface area contributed by atoms with Crippen molar-refractivity contribution in [2.24, 2.45) is 11.7 Å². The quantitative estimate of drug-likeness (QED) is 0.857. The molecule has 1 amide bonds. The molecule has 3 rings (SSSR count). The molecule has 1 unspecified atom stereocenters. The minimum atomic E-state index is -0.433. The summed E-state index contributed by atoms with van der Waals surface area (Å²) in [5, 5.41) is 3.89. The molecule has 1 saturated heterocycles. The fourth-order valence-corrected chi connectivity index (χ4v) is 4.21. The van der Waals surface area contributed by atoms with Crippen molar-refractivity contribution in [1.29, 1.82) is 0 Å². The molecule has 1 atom stereocenters. The lowest BCUT2D eigenvalue weighted by molar-refractivity contribution is -0.124. The number of carbonyl (C=O) groups is 1. The summed E-state index contributed by atoms with van der Waals surface area (Å²) in [5.74, 6) is 0.205. The van der Waals surface area contributed by atoms with Gasteiger partial charge in [0.2, 0.25) is 5.91 Å². The molecule has 0 bridgehead atoms. The predicted octanol–water partition coefficient (Wildman–Crippen LogP) is 3.02. The molecular formula is C19H27ClN2O2. The largest absolute Gasteiger partial charge is 0.381 e. The highest BCUT2D eigenvalue weighted by atomic mass is 35.5. The summed E-state index contributed by atoms with van der Waals surface area (Å²) >= 11 is 6.02. The number of nitrogens with one attached hydrogen (secondary N) is 1. The molecule has 1 heterocycles. The van der Waals surface area contributed by atoms with Crippen molar-refractivity contribution in [3.63, 3.8) is 0 Å². The van der Waals surface area contributed by atoms with E-state index in [-0.39, 0.29) is 17.2 Å². The third-order valence-electron chi connectivity index (χ3n) is 5.69. The molecule has 2 aliphatic rings. The summed E-state index contributed by atoms with van der Waals surface area (Å²) < 4.78 is 5.36. The van der Waals surface area contributed by atoms with Crippen molar-refractivity contribution in [2.75, 3.05) is 19.8 Å². The van der Waals surface area contributed by atoms with Crippen LogP contribution in [0.4, 0.5) is 0 Å². The first-order valence-electron chi connectivity index (χ1n) is 8.98. The van der Waals surface area contributed by atoms with E-state index in [1.807, 2.05) is 12.1 Å². The van der Waals surface area contributed by atoms with Gasteiger partial charge in [-0.25, -0.2) is 0 Å². The van der Waals surface area contributed by atoms with Crippen LogP contribution in [0.25, 0.3) is 0 Å². The van der Waals surface area contributed by atoms with Gasteiger partial charge in [0.25, 0.3) is 0 Å². The molecule has 1 aromatic rings. The Bertz CT molecular complexity index is 549. The average molecular weight is 351 g/mol. The molecule has 1 aromatic carbocycles. The zero-order valence-electron chi connectivity index (χ0n) is 14.1. The van der Waals surface area contributed by atoms with Gasteiger partial charge in [-0.2, -0.15) is 0 Å². The molecular weight excluding hydrogens is 324 g/mol. The molecule has 1 saturated carbocycles. The van der Waals surface area contributed by atoms with Gasteiger partial charge in [0.1, 0.15) is 0 Å². The lowest BCUT2D eigenvalue weighted by atomic mass is 9.78. The Balaban J connectivity index is 1.63. The Morgan fingerprint density at radius 1 is 1.25 bits per heavy atom. The Morgan fingerprint density at radius 2 is 1.88 bits per heavy atom. The highest BCUT2D eigenvalue weighted by Gasteiger charge is 2.37. The van der Waals surface area contributed by atoms with Crippen LogP contribution in [0, 0.1) is 5.92 Å². The molecule has 2 fully saturated rings. The van der Waals surface area contributed by atoms with E-state index < -0.39 is 6.04 Å². The van der Waals surface area contributed by atoms with E-state index in [9.17, 15) is 4.79 Å². The van der Waals surface area contributed by atoms with E-state index in [1.165, 1.54) is 18.4 Å². The summed E-state index contributed by atoms with van der Waals surface area (Å²) in [7, 11) is 0. The first-order chi connectivity index (χ1) is 11.6. The average Bonchev–Trinajstić information content (AvgIpc) is 3.10. The highest BCUT2D eigenvalue weighted by Crippen LogP contribution is 2.41. The second-order valence-corrected chi connectivity index (χ2v) is 7.62. The molecule has 1 aliphatic heterocycles. The van der Waals surface area contributed by atoms with Gasteiger partial charge in [-0.15, -0.1) is 0 Å². The van der Waals surface area contributed by atoms with Gasteiger partial charge in [-0.3, -0.25) is 4.79 Å². The van der Waals surface area contributed by atoms with Crippen molar-refractivity contribution in [3.05, 3.63) is 34.9 Å². The zero-order chi connectivity index (χ0) is 17.0. The van der Waals surface area contributed by atoms with Gasteiger partial charge in [0.15, 0.2) is 0 Å². The Labute approximate surface area is 149 Å². The van der Waals surface area contributed by atoms with E-state index >= 15 is 0 Å². The van der Waals surface area contributed by atoms with Crippen LogP contribution in [-0.2, 0) is 14.9 Å². The number of halogens is 1. The fraction of sp³-hybridized carbons (Fsp3) is 0.632. The van der Waals surface area contributed by atoms with Crippen molar-refractivity contribution in [2.45, 2.75) is 50.0 Å². The fourth-order valence-electron chi connectivity index (χ4n) is 4.09. The van der Waals surface area contributed by atoms with Crippen molar-refractivity contribution in [3.8, 4) is 0 Å². The zero-order valence-corrected chi connectivity index (χ0v) is 14.9. The molecule has 0 aromatic heterocycles. The van der Waals surface area contributed by atoms with E-state index in [0.717, 1.165) is 30.7 Å².